The van der Waals surface area contributed by atoms with Gasteiger partial charge >= 0.3 is 0 Å². The Morgan fingerprint density at radius 3 is 2.85 bits per heavy atom. The Morgan fingerprint density at radius 1 is 1.38 bits per heavy atom. The molecule has 0 saturated carbocycles. The first kappa shape index (κ1) is 11.0. The van der Waals surface area contributed by atoms with Crippen molar-refractivity contribution in [2.45, 2.75) is 33.1 Å². The Morgan fingerprint density at radius 2 is 2.23 bits per heavy atom. The number of nitrogens with one attached hydrogen (secondary N) is 1. The molecule has 1 saturated heterocycles. The third-order valence-electron chi connectivity index (χ3n) is 2.84. The Balaban J connectivity index is 1.88. The van der Waals surface area contributed by atoms with Crippen LogP contribution in [-0.4, -0.2) is 37.6 Å². The minimum absolute atomic E-state index is 0.939. The molecule has 1 unspecified atom stereocenters. The van der Waals surface area contributed by atoms with Gasteiger partial charge in [-0.05, 0) is 51.4 Å². The average Bonchev–Trinajstić information content (AvgIpc) is 2.51. The van der Waals surface area contributed by atoms with E-state index in [2.05, 4.69) is 24.1 Å². The lowest BCUT2D eigenvalue weighted by Crippen LogP contribution is -2.23. The van der Waals surface area contributed by atoms with Crippen LogP contribution in [0, 0.1) is 5.92 Å². The highest BCUT2D eigenvalue weighted by atomic mass is 15.1. The molecular weight excluding hydrogens is 160 g/mol. The second-order valence-corrected chi connectivity index (χ2v) is 4.26. The van der Waals surface area contributed by atoms with Crippen molar-refractivity contribution in [3.63, 3.8) is 0 Å². The van der Waals surface area contributed by atoms with E-state index >= 15 is 0 Å². The number of nitrogens with zero attached hydrogens (tertiary/aromatic N) is 1. The summed E-state index contributed by atoms with van der Waals surface area (Å²) in [6, 6.07) is 0. The van der Waals surface area contributed by atoms with Crippen LogP contribution >= 0.6 is 0 Å². The van der Waals surface area contributed by atoms with Crippen LogP contribution in [0.4, 0.5) is 0 Å². The van der Waals surface area contributed by atoms with Crippen LogP contribution in [0.1, 0.15) is 33.1 Å². The average molecular weight is 184 g/mol. The third kappa shape index (κ3) is 4.63. The molecule has 1 aliphatic heterocycles. The van der Waals surface area contributed by atoms with Crippen LogP contribution in [0.25, 0.3) is 0 Å². The van der Waals surface area contributed by atoms with Crippen molar-refractivity contribution >= 4 is 0 Å². The van der Waals surface area contributed by atoms with E-state index in [-0.39, 0.29) is 0 Å². The first-order valence-corrected chi connectivity index (χ1v) is 5.76. The molecule has 0 radical (unpaired) electrons. The van der Waals surface area contributed by atoms with Crippen LogP contribution in [0.3, 0.4) is 0 Å². The maximum atomic E-state index is 3.36. The van der Waals surface area contributed by atoms with Crippen LogP contribution in [-0.2, 0) is 0 Å². The molecule has 0 amide bonds. The number of rotatable bonds is 6. The molecule has 0 aromatic heterocycles. The molecular formula is C11H24N2. The van der Waals surface area contributed by atoms with E-state index in [9.17, 15) is 0 Å². The maximum absolute atomic E-state index is 3.36. The summed E-state index contributed by atoms with van der Waals surface area (Å²) in [5, 5.41) is 3.36. The van der Waals surface area contributed by atoms with Crippen molar-refractivity contribution in [3.05, 3.63) is 0 Å². The predicted octanol–water partition coefficient (Wildman–Crippen LogP) is 1.72. The van der Waals surface area contributed by atoms with Gasteiger partial charge in [-0.25, -0.2) is 0 Å². The van der Waals surface area contributed by atoms with Gasteiger partial charge in [0.05, 0.1) is 0 Å². The second-order valence-electron chi connectivity index (χ2n) is 4.26. The van der Waals surface area contributed by atoms with E-state index in [0.29, 0.717) is 0 Å². The van der Waals surface area contributed by atoms with Gasteiger partial charge in [-0.3, -0.25) is 0 Å². The number of likely N-dealkylation sites (tertiary alicyclic amines) is 1. The molecule has 2 nitrogen and oxygen atoms in total. The van der Waals surface area contributed by atoms with E-state index in [4.69, 9.17) is 0 Å². The zero-order chi connectivity index (χ0) is 9.52. The van der Waals surface area contributed by atoms with E-state index in [1.165, 1.54) is 45.4 Å². The van der Waals surface area contributed by atoms with Gasteiger partial charge in [-0.15, -0.1) is 0 Å². The fourth-order valence-corrected chi connectivity index (χ4v) is 1.99. The van der Waals surface area contributed by atoms with Gasteiger partial charge in [-0.1, -0.05) is 13.8 Å². The molecule has 1 N–H and O–H groups in total. The Labute approximate surface area is 82.7 Å². The SMILES string of the molecule is CCNCCCCN1CCC(C)C1. The van der Waals surface area contributed by atoms with Crippen LogP contribution in [0.2, 0.25) is 0 Å². The van der Waals surface area contributed by atoms with E-state index in [1.807, 2.05) is 0 Å². The van der Waals surface area contributed by atoms with Crippen LogP contribution < -0.4 is 5.32 Å². The fourth-order valence-electron chi connectivity index (χ4n) is 1.99. The first-order chi connectivity index (χ1) is 6.33. The van der Waals surface area contributed by atoms with Gasteiger partial charge in [0.15, 0.2) is 0 Å². The topological polar surface area (TPSA) is 15.3 Å². The van der Waals surface area contributed by atoms with Crippen molar-refractivity contribution < 1.29 is 0 Å². The Kier molecular flexibility index (Phi) is 5.40. The van der Waals surface area contributed by atoms with Crippen molar-refractivity contribution in [3.8, 4) is 0 Å². The van der Waals surface area contributed by atoms with E-state index < -0.39 is 0 Å². The fraction of sp³-hybridized carbons (Fsp3) is 1.00. The summed E-state index contributed by atoms with van der Waals surface area (Å²) < 4.78 is 0. The highest BCUT2D eigenvalue weighted by molar-refractivity contribution is 4.71. The summed E-state index contributed by atoms with van der Waals surface area (Å²) in [6.45, 7) is 10.8. The van der Waals surface area contributed by atoms with Gasteiger partial charge in [0, 0.05) is 6.54 Å². The molecule has 0 aromatic carbocycles. The Bertz CT molecular complexity index is 125. The number of unbranched alkanes of at least 4 members (excludes halogenated alkanes) is 1. The molecule has 78 valence electrons. The van der Waals surface area contributed by atoms with Crippen molar-refractivity contribution in [1.29, 1.82) is 0 Å². The van der Waals surface area contributed by atoms with Crippen molar-refractivity contribution in [2.75, 3.05) is 32.7 Å². The smallest absolute Gasteiger partial charge is 0.000750 e. The molecule has 1 rings (SSSR count). The van der Waals surface area contributed by atoms with Gasteiger partial charge < -0.3 is 10.2 Å². The van der Waals surface area contributed by atoms with Gasteiger partial charge in [0.2, 0.25) is 0 Å². The lowest BCUT2D eigenvalue weighted by molar-refractivity contribution is 0.319. The number of hydrogen-bond donors (Lipinski definition) is 1. The minimum Gasteiger partial charge on any atom is -0.317 e. The highest BCUT2D eigenvalue weighted by Gasteiger charge is 2.17. The summed E-state index contributed by atoms with van der Waals surface area (Å²) >= 11 is 0. The highest BCUT2D eigenvalue weighted by Crippen LogP contribution is 2.14. The molecule has 13 heavy (non-hydrogen) atoms. The second kappa shape index (κ2) is 6.39. The molecule has 0 aliphatic carbocycles. The molecule has 0 bridgehead atoms. The largest absolute Gasteiger partial charge is 0.317 e. The quantitative estimate of drug-likeness (QED) is 0.632. The van der Waals surface area contributed by atoms with Gasteiger partial charge in [0.25, 0.3) is 0 Å². The zero-order valence-electron chi connectivity index (χ0n) is 9.18. The summed E-state index contributed by atoms with van der Waals surface area (Å²) in [4.78, 5) is 2.61. The van der Waals surface area contributed by atoms with Crippen LogP contribution in [0.5, 0.6) is 0 Å². The summed E-state index contributed by atoms with van der Waals surface area (Å²) in [7, 11) is 0. The molecule has 1 atom stereocenters. The normalized spacial score (nSPS) is 24.0. The molecule has 0 aromatic rings. The summed E-state index contributed by atoms with van der Waals surface area (Å²) in [5.74, 6) is 0.939. The van der Waals surface area contributed by atoms with Gasteiger partial charge in [0.1, 0.15) is 0 Å². The van der Waals surface area contributed by atoms with Crippen molar-refractivity contribution in [2.24, 2.45) is 5.92 Å². The molecule has 1 fully saturated rings. The Hall–Kier alpha value is -0.0800. The minimum atomic E-state index is 0.939. The molecule has 2 heteroatoms. The predicted molar refractivity (Wildman–Crippen MR) is 58.0 cm³/mol. The molecule has 1 heterocycles. The number of hydrogen-bond acceptors (Lipinski definition) is 2. The van der Waals surface area contributed by atoms with Gasteiger partial charge in [-0.2, -0.15) is 0 Å². The first-order valence-electron chi connectivity index (χ1n) is 5.76. The van der Waals surface area contributed by atoms with Crippen LogP contribution in [0.15, 0.2) is 0 Å². The third-order valence-corrected chi connectivity index (χ3v) is 2.84. The van der Waals surface area contributed by atoms with E-state index in [1.54, 1.807) is 0 Å². The van der Waals surface area contributed by atoms with Crippen molar-refractivity contribution in [1.82, 2.24) is 10.2 Å². The van der Waals surface area contributed by atoms with E-state index in [0.717, 1.165) is 12.5 Å². The molecule has 1 aliphatic rings. The monoisotopic (exact) mass is 184 g/mol. The summed E-state index contributed by atoms with van der Waals surface area (Å²) in [6.07, 6.45) is 4.10. The lowest BCUT2D eigenvalue weighted by atomic mass is 10.2. The zero-order valence-corrected chi connectivity index (χ0v) is 9.18. The standard InChI is InChI=1S/C11H24N2/c1-3-12-7-4-5-8-13-9-6-11(2)10-13/h11-12H,3-10H2,1-2H3. The summed E-state index contributed by atoms with van der Waals surface area (Å²) in [5.41, 5.74) is 0. The lowest BCUT2D eigenvalue weighted by Gasteiger charge is -2.14. The maximum Gasteiger partial charge on any atom is 0.000750 e. The molecule has 0 spiro atoms.